The Hall–Kier alpha value is -0.330. The summed E-state index contributed by atoms with van der Waals surface area (Å²) in [6, 6.07) is 0. The van der Waals surface area contributed by atoms with Crippen molar-refractivity contribution in [3.8, 4) is 0 Å². The molecule has 1 nitrogen and oxygen atoms in total. The van der Waals surface area contributed by atoms with Gasteiger partial charge in [0.05, 0.1) is 0 Å². The molecule has 0 radical (unpaired) electrons. The molecule has 2 aliphatic rings. The molecule has 2 rings (SSSR count). The maximum atomic E-state index is 12.4. The maximum Gasteiger partial charge on any atom is 0.139 e. The lowest BCUT2D eigenvalue weighted by Gasteiger charge is -2.38. The Morgan fingerprint density at radius 2 is 1.60 bits per heavy atom. The number of ketones is 1. The van der Waals surface area contributed by atoms with Crippen molar-refractivity contribution in [2.45, 2.75) is 65.2 Å². The highest BCUT2D eigenvalue weighted by Crippen LogP contribution is 2.43. The van der Waals surface area contributed by atoms with Crippen molar-refractivity contribution in [2.75, 3.05) is 0 Å². The third-order valence-electron chi connectivity index (χ3n) is 4.61. The van der Waals surface area contributed by atoms with Crippen LogP contribution < -0.4 is 0 Å². The molecule has 1 unspecified atom stereocenters. The first-order chi connectivity index (χ1) is 7.11. The quantitative estimate of drug-likeness (QED) is 0.671. The third kappa shape index (κ3) is 2.26. The van der Waals surface area contributed by atoms with Crippen LogP contribution in [-0.4, -0.2) is 5.78 Å². The molecule has 0 spiro atoms. The minimum Gasteiger partial charge on any atom is -0.299 e. The molecule has 0 N–H and O–H groups in total. The van der Waals surface area contributed by atoms with Gasteiger partial charge in [-0.15, -0.1) is 0 Å². The van der Waals surface area contributed by atoms with Gasteiger partial charge in [-0.25, -0.2) is 0 Å². The monoisotopic (exact) mass is 208 g/mol. The Labute approximate surface area is 93.6 Å². The Bertz CT molecular complexity index is 236. The van der Waals surface area contributed by atoms with Gasteiger partial charge in [0.2, 0.25) is 0 Å². The topological polar surface area (TPSA) is 17.1 Å². The summed E-state index contributed by atoms with van der Waals surface area (Å²) in [5.41, 5.74) is 0.276. The van der Waals surface area contributed by atoms with E-state index in [1.165, 1.54) is 44.9 Å². The molecule has 1 heteroatoms. The predicted molar refractivity (Wildman–Crippen MR) is 62.7 cm³/mol. The Morgan fingerprint density at radius 1 is 1.00 bits per heavy atom. The van der Waals surface area contributed by atoms with Crippen LogP contribution in [0.15, 0.2) is 0 Å². The van der Waals surface area contributed by atoms with Gasteiger partial charge in [0.15, 0.2) is 0 Å². The van der Waals surface area contributed by atoms with Crippen LogP contribution in [0.25, 0.3) is 0 Å². The van der Waals surface area contributed by atoms with Crippen LogP contribution in [0.4, 0.5) is 0 Å². The van der Waals surface area contributed by atoms with Crippen molar-refractivity contribution in [3.05, 3.63) is 0 Å². The summed E-state index contributed by atoms with van der Waals surface area (Å²) in [6.45, 7) is 4.59. The van der Waals surface area contributed by atoms with E-state index < -0.39 is 0 Å². The normalized spacial score (nSPS) is 31.7. The number of carbonyl (C=O) groups excluding carboxylic acids is 1. The van der Waals surface area contributed by atoms with Crippen LogP contribution in [0.3, 0.4) is 0 Å². The summed E-state index contributed by atoms with van der Waals surface area (Å²) < 4.78 is 0. The second kappa shape index (κ2) is 4.27. The molecule has 0 saturated heterocycles. The predicted octanol–water partition coefficient (Wildman–Crippen LogP) is 3.96. The molecule has 15 heavy (non-hydrogen) atoms. The number of carbonyl (C=O) groups is 1. The fourth-order valence-corrected chi connectivity index (χ4v) is 3.52. The molecule has 2 saturated carbocycles. The van der Waals surface area contributed by atoms with Crippen LogP contribution in [0.2, 0.25) is 0 Å². The maximum absolute atomic E-state index is 12.4. The molecule has 0 heterocycles. The molecule has 0 aromatic heterocycles. The zero-order valence-corrected chi connectivity index (χ0v) is 10.2. The fraction of sp³-hybridized carbons (Fsp3) is 0.929. The summed E-state index contributed by atoms with van der Waals surface area (Å²) in [7, 11) is 0. The second-order valence-corrected chi connectivity index (χ2v) is 6.17. The number of hydrogen-bond acceptors (Lipinski definition) is 1. The van der Waals surface area contributed by atoms with Crippen molar-refractivity contribution >= 4 is 5.78 Å². The van der Waals surface area contributed by atoms with E-state index in [-0.39, 0.29) is 5.41 Å². The summed E-state index contributed by atoms with van der Waals surface area (Å²) in [5, 5.41) is 0. The number of hydrogen-bond donors (Lipinski definition) is 0. The van der Waals surface area contributed by atoms with Crippen LogP contribution >= 0.6 is 0 Å². The minimum absolute atomic E-state index is 0.276. The van der Waals surface area contributed by atoms with Crippen LogP contribution in [0, 0.1) is 17.3 Å². The Balaban J connectivity index is 2.04. The molecule has 0 aromatic rings. The Kier molecular flexibility index (Phi) is 3.18. The van der Waals surface area contributed by atoms with E-state index in [0.717, 1.165) is 6.42 Å². The van der Waals surface area contributed by atoms with E-state index in [4.69, 9.17) is 0 Å². The van der Waals surface area contributed by atoms with Crippen LogP contribution in [-0.2, 0) is 4.79 Å². The molecular weight excluding hydrogens is 184 g/mol. The lowest BCUT2D eigenvalue weighted by molar-refractivity contribution is -0.131. The third-order valence-corrected chi connectivity index (χ3v) is 4.61. The first kappa shape index (κ1) is 11.2. The van der Waals surface area contributed by atoms with Crippen LogP contribution in [0.5, 0.6) is 0 Å². The highest BCUT2D eigenvalue weighted by molar-refractivity contribution is 5.84. The van der Waals surface area contributed by atoms with Gasteiger partial charge in [-0.3, -0.25) is 4.79 Å². The molecule has 0 aliphatic heterocycles. The average molecular weight is 208 g/mol. The van der Waals surface area contributed by atoms with Crippen molar-refractivity contribution in [1.29, 1.82) is 0 Å². The largest absolute Gasteiger partial charge is 0.299 e. The van der Waals surface area contributed by atoms with E-state index in [2.05, 4.69) is 13.8 Å². The SMILES string of the molecule is CC1(C)CCCCC1C(=O)C1CCCC1. The lowest BCUT2D eigenvalue weighted by Crippen LogP contribution is -2.36. The highest BCUT2D eigenvalue weighted by atomic mass is 16.1. The van der Waals surface area contributed by atoms with E-state index >= 15 is 0 Å². The minimum atomic E-state index is 0.276. The van der Waals surface area contributed by atoms with Gasteiger partial charge < -0.3 is 0 Å². The van der Waals surface area contributed by atoms with Crippen molar-refractivity contribution in [3.63, 3.8) is 0 Å². The van der Waals surface area contributed by atoms with Gasteiger partial charge in [-0.05, 0) is 31.1 Å². The van der Waals surface area contributed by atoms with Crippen molar-refractivity contribution in [1.82, 2.24) is 0 Å². The van der Waals surface area contributed by atoms with Gasteiger partial charge in [0, 0.05) is 11.8 Å². The summed E-state index contributed by atoms with van der Waals surface area (Å²) in [5.74, 6) is 1.40. The summed E-state index contributed by atoms with van der Waals surface area (Å²) in [6.07, 6.45) is 9.90. The van der Waals surface area contributed by atoms with Crippen molar-refractivity contribution < 1.29 is 4.79 Å². The molecule has 1 atom stereocenters. The first-order valence-corrected chi connectivity index (χ1v) is 6.65. The molecule has 0 aromatic carbocycles. The Morgan fingerprint density at radius 3 is 2.20 bits per heavy atom. The zero-order chi connectivity index (χ0) is 10.9. The smallest absolute Gasteiger partial charge is 0.139 e. The van der Waals surface area contributed by atoms with Gasteiger partial charge in [0.25, 0.3) is 0 Å². The highest BCUT2D eigenvalue weighted by Gasteiger charge is 2.40. The summed E-state index contributed by atoms with van der Waals surface area (Å²) in [4.78, 5) is 12.4. The fourth-order valence-electron chi connectivity index (χ4n) is 3.52. The van der Waals surface area contributed by atoms with Gasteiger partial charge in [-0.2, -0.15) is 0 Å². The van der Waals surface area contributed by atoms with Gasteiger partial charge >= 0.3 is 0 Å². The van der Waals surface area contributed by atoms with E-state index in [1.807, 2.05) is 0 Å². The van der Waals surface area contributed by atoms with E-state index in [0.29, 0.717) is 17.6 Å². The molecule has 0 amide bonds. The number of Topliss-reactive ketones (excluding diaryl/α,β-unsaturated/α-hetero) is 1. The zero-order valence-electron chi connectivity index (χ0n) is 10.2. The second-order valence-electron chi connectivity index (χ2n) is 6.17. The van der Waals surface area contributed by atoms with Crippen molar-refractivity contribution in [2.24, 2.45) is 17.3 Å². The molecule has 2 aliphatic carbocycles. The van der Waals surface area contributed by atoms with E-state index in [9.17, 15) is 4.79 Å². The van der Waals surface area contributed by atoms with Gasteiger partial charge in [-0.1, -0.05) is 39.5 Å². The van der Waals surface area contributed by atoms with E-state index in [1.54, 1.807) is 0 Å². The molecule has 2 fully saturated rings. The van der Waals surface area contributed by atoms with Gasteiger partial charge in [0.1, 0.15) is 5.78 Å². The lowest BCUT2D eigenvalue weighted by atomic mass is 9.65. The van der Waals surface area contributed by atoms with Crippen LogP contribution in [0.1, 0.15) is 65.2 Å². The molecular formula is C14H24O. The molecule has 0 bridgehead atoms. The average Bonchev–Trinajstić information content (AvgIpc) is 2.69. The standard InChI is InChI=1S/C14H24O/c1-14(2)10-6-5-9-12(14)13(15)11-7-3-4-8-11/h11-12H,3-10H2,1-2H3. The summed E-state index contributed by atoms with van der Waals surface area (Å²) >= 11 is 0. The number of rotatable bonds is 2. The first-order valence-electron chi connectivity index (χ1n) is 6.65. The molecule has 86 valence electrons.